The van der Waals surface area contributed by atoms with Crippen LogP contribution in [-0.2, 0) is 25.5 Å². The number of nitrogens with zero attached hydrogens (tertiary/aromatic N) is 2. The van der Waals surface area contributed by atoms with Gasteiger partial charge in [-0.05, 0) is 31.4 Å². The summed E-state index contributed by atoms with van der Waals surface area (Å²) < 4.78 is 6.15. The van der Waals surface area contributed by atoms with Crippen LogP contribution in [0, 0.1) is 0 Å². The maximum absolute atomic E-state index is 12.2. The number of hydrogen-bond donors (Lipinski definition) is 1. The highest BCUT2D eigenvalue weighted by Crippen LogP contribution is 2.22. The van der Waals surface area contributed by atoms with Crippen molar-refractivity contribution < 1.29 is 19.1 Å². The van der Waals surface area contributed by atoms with E-state index in [0.717, 1.165) is 28.1 Å². The molecular formula is C18H21N3O4S. The van der Waals surface area contributed by atoms with Crippen LogP contribution < -0.4 is 5.73 Å². The minimum absolute atomic E-state index is 0.159. The molecule has 7 nitrogen and oxygen atoms in total. The fraction of sp³-hybridized carbons (Fsp3) is 0.444. The molecule has 0 aliphatic carbocycles. The molecule has 3 rings (SSSR count). The standard InChI is InChI=1S/C18H21N3O4S/c19-18(24)13-6-3-4-10-21(13)16(22)11-25-17(23)9-8-15-20-12-5-1-2-7-14(12)26-15/h1-2,5,7,13H,3-4,6,8-11H2,(H2,19,24)/t13-/m1/s1. The fourth-order valence-corrected chi connectivity index (χ4v) is 4.03. The lowest BCUT2D eigenvalue weighted by Gasteiger charge is -2.33. The Morgan fingerprint density at radius 2 is 2.08 bits per heavy atom. The van der Waals surface area contributed by atoms with Crippen LogP contribution in [0.2, 0.25) is 0 Å². The lowest BCUT2D eigenvalue weighted by molar-refractivity contribution is -0.154. The topological polar surface area (TPSA) is 103 Å². The molecule has 2 aromatic rings. The SMILES string of the molecule is NC(=O)[C@H]1CCCCN1C(=O)COC(=O)CCc1nc2ccccc2s1. The number of nitrogens with two attached hydrogens (primary N) is 1. The molecule has 1 saturated heterocycles. The Bertz CT molecular complexity index is 787. The zero-order chi connectivity index (χ0) is 18.5. The van der Waals surface area contributed by atoms with E-state index >= 15 is 0 Å². The summed E-state index contributed by atoms with van der Waals surface area (Å²) in [5.41, 5.74) is 6.26. The number of esters is 1. The molecule has 1 atom stereocenters. The van der Waals surface area contributed by atoms with E-state index < -0.39 is 17.9 Å². The molecule has 1 fully saturated rings. The largest absolute Gasteiger partial charge is 0.456 e. The minimum Gasteiger partial charge on any atom is -0.456 e. The third-order valence-corrected chi connectivity index (χ3v) is 5.49. The van der Waals surface area contributed by atoms with Crippen LogP contribution in [0.15, 0.2) is 24.3 Å². The summed E-state index contributed by atoms with van der Waals surface area (Å²) in [7, 11) is 0. The van der Waals surface area contributed by atoms with Crippen LogP contribution in [0.25, 0.3) is 10.2 Å². The number of carbonyl (C=O) groups excluding carboxylic acids is 3. The van der Waals surface area contributed by atoms with Crippen LogP contribution >= 0.6 is 11.3 Å². The van der Waals surface area contributed by atoms with Crippen LogP contribution in [0.5, 0.6) is 0 Å². The second-order valence-electron chi connectivity index (χ2n) is 6.24. The van der Waals surface area contributed by atoms with E-state index in [9.17, 15) is 14.4 Å². The van der Waals surface area contributed by atoms with Gasteiger partial charge >= 0.3 is 5.97 Å². The zero-order valence-electron chi connectivity index (χ0n) is 14.3. The Morgan fingerprint density at radius 1 is 1.27 bits per heavy atom. The van der Waals surface area contributed by atoms with Crippen molar-refractivity contribution in [2.24, 2.45) is 5.73 Å². The average Bonchev–Trinajstić information content (AvgIpc) is 3.07. The number of carbonyl (C=O) groups is 3. The summed E-state index contributed by atoms with van der Waals surface area (Å²) in [4.78, 5) is 41.5. The molecule has 1 aromatic heterocycles. The molecule has 26 heavy (non-hydrogen) atoms. The number of primary amides is 1. The van der Waals surface area contributed by atoms with Gasteiger partial charge in [0.2, 0.25) is 5.91 Å². The van der Waals surface area contributed by atoms with Crippen molar-refractivity contribution >= 4 is 39.3 Å². The number of hydrogen-bond acceptors (Lipinski definition) is 6. The predicted molar refractivity (Wildman–Crippen MR) is 97.4 cm³/mol. The first kappa shape index (κ1) is 18.3. The normalized spacial score (nSPS) is 17.2. The van der Waals surface area contributed by atoms with E-state index in [1.165, 1.54) is 4.90 Å². The third kappa shape index (κ3) is 4.37. The summed E-state index contributed by atoms with van der Waals surface area (Å²) in [6.07, 6.45) is 2.87. The maximum atomic E-state index is 12.2. The van der Waals surface area contributed by atoms with Gasteiger partial charge in [-0.15, -0.1) is 11.3 Å². The molecule has 2 amide bonds. The molecule has 1 aliphatic heterocycles. The van der Waals surface area contributed by atoms with Gasteiger partial charge in [-0.25, -0.2) is 4.98 Å². The van der Waals surface area contributed by atoms with Crippen LogP contribution in [0.1, 0.15) is 30.7 Å². The van der Waals surface area contributed by atoms with Gasteiger partial charge in [0.1, 0.15) is 6.04 Å². The Morgan fingerprint density at radius 3 is 2.85 bits per heavy atom. The number of thiazole rings is 1. The molecule has 0 saturated carbocycles. The van der Waals surface area contributed by atoms with Gasteiger partial charge in [-0.1, -0.05) is 12.1 Å². The summed E-state index contributed by atoms with van der Waals surface area (Å²) >= 11 is 1.54. The number of para-hydroxylation sites is 1. The van der Waals surface area contributed by atoms with Crippen molar-refractivity contribution in [1.82, 2.24) is 9.88 Å². The molecule has 1 aromatic carbocycles. The summed E-state index contributed by atoms with van der Waals surface area (Å²) in [5.74, 6) is -1.34. The summed E-state index contributed by atoms with van der Waals surface area (Å²) in [5, 5.41) is 0.860. The first-order valence-electron chi connectivity index (χ1n) is 8.63. The van der Waals surface area contributed by atoms with E-state index in [1.54, 1.807) is 11.3 Å². The first-order chi connectivity index (χ1) is 12.5. The lowest BCUT2D eigenvalue weighted by atomic mass is 10.0. The quantitative estimate of drug-likeness (QED) is 0.773. The second kappa shape index (κ2) is 8.27. The average molecular weight is 375 g/mol. The molecule has 0 radical (unpaired) electrons. The maximum Gasteiger partial charge on any atom is 0.306 e. The monoisotopic (exact) mass is 375 g/mol. The predicted octanol–water partition coefficient (Wildman–Crippen LogP) is 1.64. The molecule has 1 aliphatic rings. The Hall–Kier alpha value is -2.48. The van der Waals surface area contributed by atoms with Crippen LogP contribution in [-0.4, -0.2) is 46.9 Å². The van der Waals surface area contributed by atoms with Crippen LogP contribution in [0.4, 0.5) is 0 Å². The van der Waals surface area contributed by atoms with Gasteiger partial charge in [0, 0.05) is 13.0 Å². The van der Waals surface area contributed by atoms with Crippen LogP contribution in [0.3, 0.4) is 0 Å². The number of fused-ring (bicyclic) bond motifs is 1. The van der Waals surface area contributed by atoms with E-state index in [1.807, 2.05) is 24.3 Å². The van der Waals surface area contributed by atoms with Crippen molar-refractivity contribution in [1.29, 1.82) is 0 Å². The number of likely N-dealkylation sites (tertiary alicyclic amines) is 1. The molecule has 0 unspecified atom stereocenters. The number of amides is 2. The highest BCUT2D eigenvalue weighted by atomic mass is 32.1. The number of benzene rings is 1. The number of ether oxygens (including phenoxy) is 1. The van der Waals surface area contributed by atoms with Gasteiger partial charge in [-0.3, -0.25) is 14.4 Å². The highest BCUT2D eigenvalue weighted by molar-refractivity contribution is 7.18. The lowest BCUT2D eigenvalue weighted by Crippen LogP contribution is -2.51. The fourth-order valence-electron chi connectivity index (χ4n) is 3.06. The molecule has 2 N–H and O–H groups in total. The number of rotatable bonds is 6. The zero-order valence-corrected chi connectivity index (χ0v) is 15.2. The molecule has 138 valence electrons. The van der Waals surface area contributed by atoms with E-state index in [-0.39, 0.29) is 18.9 Å². The molecule has 8 heteroatoms. The Labute approximate surface area is 155 Å². The smallest absolute Gasteiger partial charge is 0.306 e. The molecular weight excluding hydrogens is 354 g/mol. The molecule has 0 bridgehead atoms. The Balaban J connectivity index is 1.47. The molecule has 2 heterocycles. The minimum atomic E-state index is -0.599. The first-order valence-corrected chi connectivity index (χ1v) is 9.45. The van der Waals surface area contributed by atoms with Gasteiger partial charge in [0.25, 0.3) is 5.91 Å². The number of aryl methyl sites for hydroxylation is 1. The highest BCUT2D eigenvalue weighted by Gasteiger charge is 2.30. The van der Waals surface area contributed by atoms with Gasteiger partial charge < -0.3 is 15.4 Å². The number of piperidine rings is 1. The van der Waals surface area contributed by atoms with Gasteiger partial charge in [0.15, 0.2) is 6.61 Å². The van der Waals surface area contributed by atoms with Gasteiger partial charge in [0.05, 0.1) is 21.6 Å². The van der Waals surface area contributed by atoms with E-state index in [0.29, 0.717) is 19.4 Å². The second-order valence-corrected chi connectivity index (χ2v) is 7.35. The van der Waals surface area contributed by atoms with Crippen molar-refractivity contribution in [2.45, 2.75) is 38.1 Å². The van der Waals surface area contributed by atoms with E-state index in [4.69, 9.17) is 10.5 Å². The number of aromatic nitrogens is 1. The summed E-state index contributed by atoms with van der Waals surface area (Å²) in [6, 6.07) is 7.19. The Kier molecular flexibility index (Phi) is 5.82. The van der Waals surface area contributed by atoms with E-state index in [2.05, 4.69) is 4.98 Å². The third-order valence-electron chi connectivity index (χ3n) is 4.39. The van der Waals surface area contributed by atoms with Crippen molar-refractivity contribution in [3.63, 3.8) is 0 Å². The van der Waals surface area contributed by atoms with Crippen molar-refractivity contribution in [3.05, 3.63) is 29.3 Å². The molecule has 0 spiro atoms. The van der Waals surface area contributed by atoms with Crippen molar-refractivity contribution in [3.8, 4) is 0 Å². The van der Waals surface area contributed by atoms with Gasteiger partial charge in [-0.2, -0.15) is 0 Å². The summed E-state index contributed by atoms with van der Waals surface area (Å²) in [6.45, 7) is 0.109. The van der Waals surface area contributed by atoms with Crippen molar-refractivity contribution in [2.75, 3.05) is 13.2 Å².